The molecule has 9 heteroatoms. The van der Waals surface area contributed by atoms with Crippen LogP contribution in [0.15, 0.2) is 42.1 Å². The molecule has 2 amide bonds. The van der Waals surface area contributed by atoms with E-state index >= 15 is 0 Å². The number of aliphatic hydroxyl groups is 2. The van der Waals surface area contributed by atoms with Gasteiger partial charge in [-0.2, -0.15) is 0 Å². The lowest BCUT2D eigenvalue weighted by molar-refractivity contribution is -0.139. The highest BCUT2D eigenvalue weighted by Gasteiger charge is 2.39. The first kappa shape index (κ1) is 22.9. The highest BCUT2D eigenvalue weighted by atomic mass is 35.5. The maximum Gasteiger partial charge on any atom is 0.243 e. The molecule has 1 aliphatic heterocycles. The Hall–Kier alpha value is -2.42. The van der Waals surface area contributed by atoms with Gasteiger partial charge in [-0.15, -0.1) is 0 Å². The topological polar surface area (TPSA) is 111 Å². The third-order valence-corrected chi connectivity index (χ3v) is 4.84. The van der Waals surface area contributed by atoms with Gasteiger partial charge in [-0.3, -0.25) is 9.59 Å². The lowest BCUT2D eigenvalue weighted by Gasteiger charge is -2.26. The van der Waals surface area contributed by atoms with Crippen LogP contribution < -0.4 is 5.32 Å². The molecule has 3 N–H and O–H groups in total. The van der Waals surface area contributed by atoms with Crippen LogP contribution >= 0.6 is 11.6 Å². The van der Waals surface area contributed by atoms with E-state index in [1.807, 2.05) is 0 Å². The highest BCUT2D eigenvalue weighted by Crippen LogP contribution is 2.22. The summed E-state index contributed by atoms with van der Waals surface area (Å²) in [4.78, 5) is 31.6. The number of aliphatic hydroxyl groups excluding tert-OH is 2. The van der Waals surface area contributed by atoms with Crippen LogP contribution in [-0.4, -0.2) is 64.5 Å². The molecular formula is C20H26ClN3O5. The number of β-amino-alcohol motifs (C(OH)–C–C–N with tert-alkyl or cyclic N) is 1. The summed E-state index contributed by atoms with van der Waals surface area (Å²) in [6.45, 7) is 5.06. The zero-order valence-corrected chi connectivity index (χ0v) is 17.0. The number of allylic oxidation sites excluding steroid dienone is 1. The van der Waals surface area contributed by atoms with Gasteiger partial charge >= 0.3 is 0 Å². The zero-order valence-electron chi connectivity index (χ0n) is 16.3. The summed E-state index contributed by atoms with van der Waals surface area (Å²) in [6.07, 6.45) is 0.882. The van der Waals surface area contributed by atoms with Crippen LogP contribution in [0.5, 0.6) is 0 Å². The molecule has 0 aromatic heterocycles. The van der Waals surface area contributed by atoms with E-state index in [4.69, 9.17) is 16.4 Å². The SMILES string of the molecule is C=C/C(C)=N\OCCC(=O)N1C[C@H](O)C[C@H]1C(=O)N[C@@H](CO)c1ccc(Cl)cc1. The molecule has 29 heavy (non-hydrogen) atoms. The lowest BCUT2D eigenvalue weighted by Crippen LogP contribution is -2.47. The van der Waals surface area contributed by atoms with Crippen LogP contribution in [-0.2, 0) is 14.4 Å². The Morgan fingerprint density at radius 1 is 1.45 bits per heavy atom. The molecule has 158 valence electrons. The Balaban J connectivity index is 1.98. The second-order valence-electron chi connectivity index (χ2n) is 6.77. The van der Waals surface area contributed by atoms with E-state index in [-0.39, 0.29) is 38.5 Å². The van der Waals surface area contributed by atoms with Crippen LogP contribution in [0, 0.1) is 0 Å². The van der Waals surface area contributed by atoms with E-state index in [9.17, 15) is 19.8 Å². The summed E-state index contributed by atoms with van der Waals surface area (Å²) >= 11 is 5.87. The fourth-order valence-corrected chi connectivity index (χ4v) is 3.12. The summed E-state index contributed by atoms with van der Waals surface area (Å²) in [7, 11) is 0. The normalized spacial score (nSPS) is 20.3. The number of rotatable bonds is 9. The van der Waals surface area contributed by atoms with E-state index < -0.39 is 24.1 Å². The summed E-state index contributed by atoms with van der Waals surface area (Å²) in [5.74, 6) is -0.759. The second kappa shape index (κ2) is 10.9. The van der Waals surface area contributed by atoms with Crippen LogP contribution in [0.1, 0.15) is 31.4 Å². The van der Waals surface area contributed by atoms with Gasteiger partial charge in [0.1, 0.15) is 12.6 Å². The summed E-state index contributed by atoms with van der Waals surface area (Å²) in [5.41, 5.74) is 1.27. The molecule has 0 radical (unpaired) electrons. The van der Waals surface area contributed by atoms with Gasteiger partial charge < -0.3 is 25.3 Å². The lowest BCUT2D eigenvalue weighted by atomic mass is 10.1. The molecule has 2 rings (SSSR count). The third kappa shape index (κ3) is 6.56. The monoisotopic (exact) mass is 423 g/mol. The van der Waals surface area contributed by atoms with Gasteiger partial charge in [-0.05, 0) is 30.7 Å². The molecule has 8 nitrogen and oxygen atoms in total. The Morgan fingerprint density at radius 2 is 2.14 bits per heavy atom. The number of likely N-dealkylation sites (tertiary alicyclic amines) is 1. The Morgan fingerprint density at radius 3 is 2.76 bits per heavy atom. The average molecular weight is 424 g/mol. The Kier molecular flexibility index (Phi) is 8.63. The molecule has 1 saturated heterocycles. The number of nitrogens with zero attached hydrogens (tertiary/aromatic N) is 2. The van der Waals surface area contributed by atoms with Crippen molar-refractivity contribution < 1.29 is 24.6 Å². The summed E-state index contributed by atoms with van der Waals surface area (Å²) in [5, 5.41) is 26.7. The maximum atomic E-state index is 12.8. The third-order valence-electron chi connectivity index (χ3n) is 4.58. The molecule has 3 atom stereocenters. The number of hydrogen-bond donors (Lipinski definition) is 3. The van der Waals surface area contributed by atoms with Crippen molar-refractivity contribution in [2.45, 2.75) is 38.0 Å². The number of carbonyl (C=O) groups excluding carboxylic acids is 2. The second-order valence-corrected chi connectivity index (χ2v) is 7.20. The van der Waals surface area contributed by atoms with Gasteiger partial charge in [-0.1, -0.05) is 35.5 Å². The largest absolute Gasteiger partial charge is 0.395 e. The minimum Gasteiger partial charge on any atom is -0.395 e. The van der Waals surface area contributed by atoms with Crippen molar-refractivity contribution in [1.82, 2.24) is 10.2 Å². The molecule has 1 aliphatic rings. The number of hydrogen-bond acceptors (Lipinski definition) is 6. The molecule has 0 spiro atoms. The Bertz CT molecular complexity index is 753. The molecule has 0 aliphatic carbocycles. The van der Waals surface area contributed by atoms with Crippen molar-refractivity contribution >= 4 is 29.1 Å². The van der Waals surface area contributed by atoms with Crippen molar-refractivity contribution in [2.75, 3.05) is 19.8 Å². The van der Waals surface area contributed by atoms with Crippen LogP contribution in [0.4, 0.5) is 0 Å². The van der Waals surface area contributed by atoms with Crippen molar-refractivity contribution in [3.63, 3.8) is 0 Å². The summed E-state index contributed by atoms with van der Waals surface area (Å²) in [6, 6.07) is 5.28. The van der Waals surface area contributed by atoms with E-state index in [0.29, 0.717) is 16.3 Å². The molecule has 1 aromatic rings. The molecule has 0 bridgehead atoms. The minimum atomic E-state index is -0.822. The molecule has 0 saturated carbocycles. The van der Waals surface area contributed by atoms with Gasteiger partial charge in [0.15, 0.2) is 0 Å². The Labute approximate surface area is 174 Å². The van der Waals surface area contributed by atoms with E-state index in [1.165, 1.54) is 11.0 Å². The van der Waals surface area contributed by atoms with Crippen LogP contribution in [0.25, 0.3) is 0 Å². The molecule has 1 fully saturated rings. The van der Waals surface area contributed by atoms with E-state index in [0.717, 1.165) is 0 Å². The first-order valence-electron chi connectivity index (χ1n) is 9.29. The first-order valence-corrected chi connectivity index (χ1v) is 9.66. The van der Waals surface area contributed by atoms with Gasteiger partial charge in [0.05, 0.1) is 30.9 Å². The zero-order chi connectivity index (χ0) is 21.4. The predicted octanol–water partition coefficient (Wildman–Crippen LogP) is 1.42. The van der Waals surface area contributed by atoms with Gasteiger partial charge in [0.2, 0.25) is 11.8 Å². The fourth-order valence-electron chi connectivity index (χ4n) is 3.00. The quantitative estimate of drug-likeness (QED) is 0.316. The average Bonchev–Trinajstić information content (AvgIpc) is 3.11. The van der Waals surface area contributed by atoms with Crippen molar-refractivity contribution in [1.29, 1.82) is 0 Å². The number of benzene rings is 1. The van der Waals surface area contributed by atoms with Crippen LogP contribution in [0.2, 0.25) is 5.02 Å². The van der Waals surface area contributed by atoms with Crippen molar-refractivity contribution in [3.8, 4) is 0 Å². The predicted molar refractivity (Wildman–Crippen MR) is 109 cm³/mol. The number of nitrogens with one attached hydrogen (secondary N) is 1. The molecule has 0 unspecified atom stereocenters. The van der Waals surface area contributed by atoms with E-state index in [1.54, 1.807) is 31.2 Å². The highest BCUT2D eigenvalue weighted by molar-refractivity contribution is 6.30. The molecular weight excluding hydrogens is 398 g/mol. The minimum absolute atomic E-state index is 0.0189. The smallest absolute Gasteiger partial charge is 0.243 e. The number of halogens is 1. The van der Waals surface area contributed by atoms with Gasteiger partial charge in [-0.25, -0.2) is 0 Å². The number of oxime groups is 1. The number of amides is 2. The standard InChI is InChI=1S/C20H26ClN3O5/c1-3-13(2)23-29-9-8-19(27)24-11-16(26)10-18(24)20(28)22-17(12-25)14-4-6-15(21)7-5-14/h3-7,16-18,25-26H,1,8-12H2,2H3,(H,22,28)/b23-13-/t16-,17+,18+/m1/s1. The fraction of sp³-hybridized carbons (Fsp3) is 0.450. The van der Waals surface area contributed by atoms with Crippen molar-refractivity contribution in [2.24, 2.45) is 5.16 Å². The van der Waals surface area contributed by atoms with E-state index in [2.05, 4.69) is 17.1 Å². The van der Waals surface area contributed by atoms with Crippen molar-refractivity contribution in [3.05, 3.63) is 47.5 Å². The maximum absolute atomic E-state index is 12.8. The van der Waals surface area contributed by atoms with Gasteiger partial charge in [0, 0.05) is 18.0 Å². The summed E-state index contributed by atoms with van der Waals surface area (Å²) < 4.78 is 0. The van der Waals surface area contributed by atoms with Crippen LogP contribution in [0.3, 0.4) is 0 Å². The molecule has 1 aromatic carbocycles. The number of carbonyl (C=O) groups is 2. The van der Waals surface area contributed by atoms with Gasteiger partial charge in [0.25, 0.3) is 0 Å². The first-order chi connectivity index (χ1) is 13.8. The molecule has 1 heterocycles.